The van der Waals surface area contributed by atoms with Crippen LogP contribution in [0, 0.1) is 0 Å². The molecule has 0 aromatic heterocycles. The summed E-state index contributed by atoms with van der Waals surface area (Å²) >= 11 is 0. The maximum atomic E-state index is 12.0. The van der Waals surface area contributed by atoms with E-state index >= 15 is 0 Å². The van der Waals surface area contributed by atoms with Crippen LogP contribution in [0.15, 0.2) is 23.1 Å². The predicted molar refractivity (Wildman–Crippen MR) is 70.6 cm³/mol. The number of rotatable bonds is 8. The molecule has 6 nitrogen and oxygen atoms in total. The summed E-state index contributed by atoms with van der Waals surface area (Å²) in [6, 6.07) is 4.39. The van der Waals surface area contributed by atoms with Crippen molar-refractivity contribution in [2.75, 3.05) is 26.9 Å². The summed E-state index contributed by atoms with van der Waals surface area (Å²) in [5, 5.41) is 9.23. The summed E-state index contributed by atoms with van der Waals surface area (Å²) in [5.41, 5.74) is 0.441. The van der Waals surface area contributed by atoms with E-state index in [4.69, 9.17) is 9.47 Å². The minimum Gasteiger partial charge on any atom is -0.494 e. The first kappa shape index (κ1) is 15.9. The molecular formula is C12H19NO5S. The van der Waals surface area contributed by atoms with Crippen LogP contribution < -0.4 is 9.46 Å². The van der Waals surface area contributed by atoms with Crippen molar-refractivity contribution < 1.29 is 23.0 Å². The number of aliphatic hydroxyl groups is 1. The smallest absolute Gasteiger partial charge is 0.240 e. The third-order valence-electron chi connectivity index (χ3n) is 2.41. The number of sulfonamides is 1. The summed E-state index contributed by atoms with van der Waals surface area (Å²) in [7, 11) is -2.10. The van der Waals surface area contributed by atoms with Crippen LogP contribution in [0.2, 0.25) is 0 Å². The van der Waals surface area contributed by atoms with Gasteiger partial charge in [0.25, 0.3) is 0 Å². The summed E-state index contributed by atoms with van der Waals surface area (Å²) in [4.78, 5) is 0.0936. The Hall–Kier alpha value is -1.15. The fourth-order valence-corrected chi connectivity index (χ4v) is 2.57. The number of hydrogen-bond acceptors (Lipinski definition) is 5. The Kier molecular flexibility index (Phi) is 6.23. The number of ether oxygens (including phenoxy) is 2. The molecule has 1 aromatic rings. The van der Waals surface area contributed by atoms with Gasteiger partial charge in [0, 0.05) is 19.2 Å². The maximum absolute atomic E-state index is 12.0. The Morgan fingerprint density at radius 2 is 2.11 bits per heavy atom. The largest absolute Gasteiger partial charge is 0.494 e. The second-order valence-electron chi connectivity index (χ2n) is 3.75. The van der Waals surface area contributed by atoms with Crippen LogP contribution in [0.4, 0.5) is 0 Å². The van der Waals surface area contributed by atoms with Gasteiger partial charge < -0.3 is 14.6 Å². The van der Waals surface area contributed by atoms with E-state index in [9.17, 15) is 13.5 Å². The standard InChI is InChI=1S/C12H19NO5S/c1-3-18-12-5-4-11(8-10(12)9-14)19(15,16)13-6-7-17-2/h4-5,8,13-14H,3,6-7,9H2,1-2H3. The average molecular weight is 289 g/mol. The van der Waals surface area contributed by atoms with Crippen molar-refractivity contribution >= 4 is 10.0 Å². The van der Waals surface area contributed by atoms with Gasteiger partial charge >= 0.3 is 0 Å². The number of hydrogen-bond donors (Lipinski definition) is 2. The molecule has 0 amide bonds. The molecule has 0 unspecified atom stereocenters. The van der Waals surface area contributed by atoms with Crippen LogP contribution in [0.25, 0.3) is 0 Å². The van der Waals surface area contributed by atoms with E-state index in [1.807, 2.05) is 6.92 Å². The van der Waals surface area contributed by atoms with Crippen LogP contribution in [0.1, 0.15) is 12.5 Å². The van der Waals surface area contributed by atoms with Crippen LogP contribution in [-0.2, 0) is 21.4 Å². The van der Waals surface area contributed by atoms with E-state index in [0.29, 0.717) is 24.5 Å². The van der Waals surface area contributed by atoms with Gasteiger partial charge in [-0.05, 0) is 25.1 Å². The molecule has 108 valence electrons. The van der Waals surface area contributed by atoms with Crippen molar-refractivity contribution in [3.8, 4) is 5.75 Å². The highest BCUT2D eigenvalue weighted by molar-refractivity contribution is 7.89. The lowest BCUT2D eigenvalue weighted by Gasteiger charge is -2.11. The minimum atomic E-state index is -3.59. The van der Waals surface area contributed by atoms with E-state index in [1.54, 1.807) is 6.07 Å². The second-order valence-corrected chi connectivity index (χ2v) is 5.52. The SMILES string of the molecule is CCOc1ccc(S(=O)(=O)NCCOC)cc1CO. The molecular weight excluding hydrogens is 270 g/mol. The quantitative estimate of drug-likeness (QED) is 0.681. The molecule has 0 heterocycles. The minimum absolute atomic E-state index is 0.0936. The van der Waals surface area contributed by atoms with Crippen LogP contribution in [-0.4, -0.2) is 40.4 Å². The molecule has 7 heteroatoms. The lowest BCUT2D eigenvalue weighted by atomic mass is 10.2. The lowest BCUT2D eigenvalue weighted by Crippen LogP contribution is -2.27. The first-order valence-electron chi connectivity index (χ1n) is 5.90. The molecule has 1 rings (SSSR count). The zero-order chi connectivity index (χ0) is 14.3. The molecule has 0 aliphatic rings. The molecule has 0 bridgehead atoms. The van der Waals surface area contributed by atoms with E-state index in [2.05, 4.69) is 4.72 Å². The molecule has 0 aliphatic carbocycles. The molecule has 2 N–H and O–H groups in total. The second kappa shape index (κ2) is 7.44. The molecule has 0 fully saturated rings. The highest BCUT2D eigenvalue weighted by Crippen LogP contribution is 2.22. The van der Waals surface area contributed by atoms with Crippen LogP contribution in [0.5, 0.6) is 5.75 Å². The van der Waals surface area contributed by atoms with Gasteiger partial charge in [0.2, 0.25) is 10.0 Å². The number of aliphatic hydroxyl groups excluding tert-OH is 1. The molecule has 19 heavy (non-hydrogen) atoms. The Balaban J connectivity index is 2.94. The summed E-state index contributed by atoms with van der Waals surface area (Å²) < 4.78 is 36.4. The van der Waals surface area contributed by atoms with Gasteiger partial charge in [-0.25, -0.2) is 13.1 Å². The first-order chi connectivity index (χ1) is 9.05. The Bertz CT molecular complexity index is 501. The summed E-state index contributed by atoms with van der Waals surface area (Å²) in [6.45, 7) is 2.48. The van der Waals surface area contributed by atoms with E-state index in [-0.39, 0.29) is 18.0 Å². The third-order valence-corrected chi connectivity index (χ3v) is 3.87. The topological polar surface area (TPSA) is 84.9 Å². The van der Waals surface area contributed by atoms with Gasteiger partial charge in [-0.2, -0.15) is 0 Å². The fraction of sp³-hybridized carbons (Fsp3) is 0.500. The maximum Gasteiger partial charge on any atom is 0.240 e. The molecule has 1 aromatic carbocycles. The van der Waals surface area contributed by atoms with Crippen molar-refractivity contribution in [2.45, 2.75) is 18.4 Å². The van der Waals surface area contributed by atoms with E-state index in [0.717, 1.165) is 0 Å². The molecule has 0 aliphatic heterocycles. The first-order valence-corrected chi connectivity index (χ1v) is 7.38. The van der Waals surface area contributed by atoms with Crippen LogP contribution in [0.3, 0.4) is 0 Å². The Morgan fingerprint density at radius 1 is 1.37 bits per heavy atom. The number of methoxy groups -OCH3 is 1. The van der Waals surface area contributed by atoms with Gasteiger partial charge in [-0.15, -0.1) is 0 Å². The van der Waals surface area contributed by atoms with Crippen LogP contribution >= 0.6 is 0 Å². The molecule has 0 saturated carbocycles. The van der Waals surface area contributed by atoms with Gasteiger partial charge in [0.1, 0.15) is 5.75 Å². The van der Waals surface area contributed by atoms with Gasteiger partial charge in [-0.3, -0.25) is 0 Å². The normalized spacial score (nSPS) is 11.5. The molecule has 0 saturated heterocycles. The van der Waals surface area contributed by atoms with E-state index < -0.39 is 10.0 Å². The molecule has 0 atom stereocenters. The Morgan fingerprint density at radius 3 is 2.68 bits per heavy atom. The highest BCUT2D eigenvalue weighted by Gasteiger charge is 2.15. The monoisotopic (exact) mass is 289 g/mol. The summed E-state index contributed by atoms with van der Waals surface area (Å²) in [5.74, 6) is 0.487. The Labute approximate surface area is 113 Å². The van der Waals surface area contributed by atoms with Crippen molar-refractivity contribution in [1.29, 1.82) is 0 Å². The van der Waals surface area contributed by atoms with Crippen molar-refractivity contribution in [1.82, 2.24) is 4.72 Å². The fourth-order valence-electron chi connectivity index (χ4n) is 1.50. The summed E-state index contributed by atoms with van der Waals surface area (Å²) in [6.07, 6.45) is 0. The zero-order valence-corrected chi connectivity index (χ0v) is 11.9. The third kappa shape index (κ3) is 4.46. The van der Waals surface area contributed by atoms with Gasteiger partial charge in [0.05, 0.1) is 24.7 Å². The van der Waals surface area contributed by atoms with E-state index in [1.165, 1.54) is 19.2 Å². The zero-order valence-electron chi connectivity index (χ0n) is 11.0. The molecule has 0 radical (unpaired) electrons. The highest BCUT2D eigenvalue weighted by atomic mass is 32.2. The van der Waals surface area contributed by atoms with Gasteiger partial charge in [-0.1, -0.05) is 0 Å². The number of benzene rings is 1. The van der Waals surface area contributed by atoms with Crippen molar-refractivity contribution in [3.05, 3.63) is 23.8 Å². The van der Waals surface area contributed by atoms with Crippen molar-refractivity contribution in [2.24, 2.45) is 0 Å². The average Bonchev–Trinajstić information content (AvgIpc) is 2.39. The number of nitrogens with one attached hydrogen (secondary N) is 1. The molecule has 0 spiro atoms. The van der Waals surface area contributed by atoms with Crippen molar-refractivity contribution in [3.63, 3.8) is 0 Å². The predicted octanol–water partition coefficient (Wildman–Crippen LogP) is 0.502. The lowest BCUT2D eigenvalue weighted by molar-refractivity contribution is 0.204. The van der Waals surface area contributed by atoms with Gasteiger partial charge in [0.15, 0.2) is 0 Å².